The summed E-state index contributed by atoms with van der Waals surface area (Å²) in [4.78, 5) is 0. The van der Waals surface area contributed by atoms with Gasteiger partial charge in [0.15, 0.2) is 0 Å². The van der Waals surface area contributed by atoms with Crippen molar-refractivity contribution in [2.45, 2.75) is 82.3 Å². The zero-order valence-corrected chi connectivity index (χ0v) is 12.2. The molecule has 4 fully saturated rings. The van der Waals surface area contributed by atoms with E-state index in [4.69, 9.17) is 0 Å². The van der Waals surface area contributed by atoms with Gasteiger partial charge in [-0.05, 0) is 69.1 Å². The number of nitrogens with one attached hydrogen (secondary N) is 2. The largest absolute Gasteiger partial charge is 0.312 e. The van der Waals surface area contributed by atoms with Gasteiger partial charge in [0.05, 0.1) is 0 Å². The van der Waals surface area contributed by atoms with Crippen molar-refractivity contribution in [3.63, 3.8) is 0 Å². The van der Waals surface area contributed by atoms with Crippen LogP contribution in [-0.4, -0.2) is 24.7 Å². The molecule has 2 N–H and O–H groups in total. The summed E-state index contributed by atoms with van der Waals surface area (Å²) >= 11 is 0. The molecule has 0 aromatic carbocycles. The summed E-state index contributed by atoms with van der Waals surface area (Å²) in [6.45, 7) is 1.24. The second-order valence-corrected chi connectivity index (χ2v) is 7.70. The highest BCUT2D eigenvalue weighted by Crippen LogP contribution is 2.44. The van der Waals surface area contributed by atoms with E-state index >= 15 is 0 Å². The van der Waals surface area contributed by atoms with Crippen LogP contribution in [0.15, 0.2) is 0 Å². The van der Waals surface area contributed by atoms with Gasteiger partial charge in [-0.2, -0.15) is 0 Å². The van der Waals surface area contributed by atoms with E-state index < -0.39 is 0 Å². The first kappa shape index (κ1) is 12.6. The Hall–Kier alpha value is -0.0800. The van der Waals surface area contributed by atoms with Gasteiger partial charge in [-0.25, -0.2) is 0 Å². The van der Waals surface area contributed by atoms with E-state index in [1.165, 1.54) is 70.8 Å². The topological polar surface area (TPSA) is 24.1 Å². The van der Waals surface area contributed by atoms with Crippen LogP contribution >= 0.6 is 0 Å². The molecule has 108 valence electrons. The molecule has 4 rings (SSSR count). The van der Waals surface area contributed by atoms with Crippen LogP contribution in [0, 0.1) is 17.8 Å². The van der Waals surface area contributed by atoms with Crippen LogP contribution in [0.3, 0.4) is 0 Å². The Morgan fingerprint density at radius 3 is 2.32 bits per heavy atom. The number of fused-ring (bicyclic) bond motifs is 1. The minimum Gasteiger partial charge on any atom is -0.312 e. The van der Waals surface area contributed by atoms with Gasteiger partial charge in [-0.1, -0.05) is 12.8 Å². The van der Waals surface area contributed by atoms with Crippen LogP contribution in [0.5, 0.6) is 0 Å². The molecule has 3 aliphatic carbocycles. The molecule has 3 unspecified atom stereocenters. The molecule has 0 spiro atoms. The molecule has 1 saturated heterocycles. The number of hydrogen-bond acceptors (Lipinski definition) is 2. The van der Waals surface area contributed by atoms with Gasteiger partial charge < -0.3 is 10.6 Å². The van der Waals surface area contributed by atoms with E-state index in [0.717, 1.165) is 35.9 Å². The minimum atomic E-state index is 0.763. The van der Waals surface area contributed by atoms with E-state index in [9.17, 15) is 0 Å². The third-order valence-corrected chi connectivity index (χ3v) is 6.10. The third-order valence-electron chi connectivity index (χ3n) is 6.10. The summed E-state index contributed by atoms with van der Waals surface area (Å²) in [5, 5.41) is 7.91. The summed E-state index contributed by atoms with van der Waals surface area (Å²) in [6.07, 6.45) is 14.8. The molecule has 0 aromatic rings. The highest BCUT2D eigenvalue weighted by atomic mass is 15.0. The fraction of sp³-hybridized carbons (Fsp3) is 1.00. The molecule has 2 heteroatoms. The Morgan fingerprint density at radius 1 is 0.842 bits per heavy atom. The van der Waals surface area contributed by atoms with Gasteiger partial charge in [-0.3, -0.25) is 0 Å². The summed E-state index contributed by atoms with van der Waals surface area (Å²) < 4.78 is 0. The van der Waals surface area contributed by atoms with Gasteiger partial charge in [0.1, 0.15) is 0 Å². The zero-order valence-electron chi connectivity index (χ0n) is 12.2. The lowest BCUT2D eigenvalue weighted by Crippen LogP contribution is -2.53. The smallest absolute Gasteiger partial charge is 0.0195 e. The molecular formula is C17H30N2. The number of rotatable bonds is 5. The summed E-state index contributed by atoms with van der Waals surface area (Å²) in [7, 11) is 0. The molecule has 0 amide bonds. The predicted octanol–water partition coefficient (Wildman–Crippen LogP) is 3.08. The normalized spacial score (nSPS) is 39.3. The van der Waals surface area contributed by atoms with Crippen molar-refractivity contribution in [2.24, 2.45) is 17.8 Å². The lowest BCUT2D eigenvalue weighted by molar-refractivity contribution is 0.171. The van der Waals surface area contributed by atoms with Crippen molar-refractivity contribution in [3.8, 4) is 0 Å². The number of hydrogen-bond donors (Lipinski definition) is 2. The molecule has 4 aliphatic rings. The molecule has 1 aliphatic heterocycles. The molecule has 0 aromatic heterocycles. The van der Waals surface area contributed by atoms with E-state index in [0.29, 0.717) is 0 Å². The van der Waals surface area contributed by atoms with Crippen molar-refractivity contribution in [3.05, 3.63) is 0 Å². The lowest BCUT2D eigenvalue weighted by atomic mass is 9.78. The Kier molecular flexibility index (Phi) is 3.57. The monoisotopic (exact) mass is 262 g/mol. The van der Waals surface area contributed by atoms with Crippen molar-refractivity contribution in [1.82, 2.24) is 10.6 Å². The fourth-order valence-corrected chi connectivity index (χ4v) is 4.64. The van der Waals surface area contributed by atoms with Crippen LogP contribution in [0.4, 0.5) is 0 Å². The second-order valence-electron chi connectivity index (χ2n) is 7.70. The molecule has 3 saturated carbocycles. The standard InChI is InChI=1S/C17H30N2/c1-2-4-16-12(3-1)9-10-15(19-16)11-18-17(13-5-6-13)14-7-8-14/h12-19H,1-11H2. The van der Waals surface area contributed by atoms with Crippen molar-refractivity contribution in [2.75, 3.05) is 6.54 Å². The molecule has 2 nitrogen and oxygen atoms in total. The van der Waals surface area contributed by atoms with E-state index in [1.807, 2.05) is 0 Å². The van der Waals surface area contributed by atoms with E-state index in [1.54, 1.807) is 0 Å². The molecular weight excluding hydrogens is 232 g/mol. The SMILES string of the molecule is C1CCC2NC(CNC(C3CC3)C3CC3)CCC2C1. The van der Waals surface area contributed by atoms with E-state index in [2.05, 4.69) is 10.6 Å². The molecule has 1 heterocycles. The van der Waals surface area contributed by atoms with Crippen molar-refractivity contribution < 1.29 is 0 Å². The van der Waals surface area contributed by atoms with Crippen LogP contribution < -0.4 is 10.6 Å². The summed E-state index contributed by atoms with van der Waals surface area (Å²) in [5.41, 5.74) is 0. The Balaban J connectivity index is 1.26. The van der Waals surface area contributed by atoms with Gasteiger partial charge in [0.25, 0.3) is 0 Å². The minimum absolute atomic E-state index is 0.763. The second kappa shape index (κ2) is 5.37. The van der Waals surface area contributed by atoms with Crippen LogP contribution in [0.25, 0.3) is 0 Å². The Morgan fingerprint density at radius 2 is 1.58 bits per heavy atom. The summed E-state index contributed by atoms with van der Waals surface area (Å²) in [6, 6.07) is 2.50. The average Bonchev–Trinajstić information content (AvgIpc) is 3.32. The molecule has 3 atom stereocenters. The highest BCUT2D eigenvalue weighted by molar-refractivity contribution is 4.98. The zero-order chi connectivity index (χ0) is 12.7. The maximum Gasteiger partial charge on any atom is 0.0195 e. The lowest BCUT2D eigenvalue weighted by Gasteiger charge is -2.41. The van der Waals surface area contributed by atoms with Gasteiger partial charge >= 0.3 is 0 Å². The van der Waals surface area contributed by atoms with E-state index in [-0.39, 0.29) is 0 Å². The Bertz CT molecular complexity index is 296. The van der Waals surface area contributed by atoms with Crippen molar-refractivity contribution in [1.29, 1.82) is 0 Å². The quantitative estimate of drug-likeness (QED) is 0.795. The number of piperidine rings is 1. The average molecular weight is 262 g/mol. The highest BCUT2D eigenvalue weighted by Gasteiger charge is 2.41. The maximum absolute atomic E-state index is 3.97. The first-order valence-corrected chi connectivity index (χ1v) is 8.89. The van der Waals surface area contributed by atoms with Gasteiger partial charge in [-0.15, -0.1) is 0 Å². The van der Waals surface area contributed by atoms with Crippen LogP contribution in [0.2, 0.25) is 0 Å². The van der Waals surface area contributed by atoms with Gasteiger partial charge in [0.2, 0.25) is 0 Å². The molecule has 0 bridgehead atoms. The van der Waals surface area contributed by atoms with Crippen LogP contribution in [-0.2, 0) is 0 Å². The molecule has 0 radical (unpaired) electrons. The van der Waals surface area contributed by atoms with Crippen molar-refractivity contribution >= 4 is 0 Å². The van der Waals surface area contributed by atoms with Gasteiger partial charge in [0, 0.05) is 24.7 Å². The van der Waals surface area contributed by atoms with Crippen LogP contribution in [0.1, 0.15) is 64.2 Å². The maximum atomic E-state index is 3.97. The first-order valence-electron chi connectivity index (χ1n) is 8.89. The fourth-order valence-electron chi connectivity index (χ4n) is 4.64. The first-order chi connectivity index (χ1) is 9.40. The predicted molar refractivity (Wildman–Crippen MR) is 79.1 cm³/mol. The summed E-state index contributed by atoms with van der Waals surface area (Å²) in [5.74, 6) is 3.09. The molecule has 19 heavy (non-hydrogen) atoms. The Labute approximate surface area is 118 Å². The third kappa shape index (κ3) is 3.00.